The Kier molecular flexibility index (Phi) is 8.44. The molecule has 0 saturated carbocycles. The highest BCUT2D eigenvalue weighted by molar-refractivity contribution is 6.46. The topological polar surface area (TPSA) is 94.5 Å². The molecule has 1 aliphatic rings. The largest absolute Gasteiger partial charge is 0.507 e. The van der Waals surface area contributed by atoms with Gasteiger partial charge in [-0.25, -0.2) is 0 Å². The molecule has 4 rings (SSSR count). The smallest absolute Gasteiger partial charge is 0.295 e. The molecule has 0 aromatic heterocycles. The van der Waals surface area contributed by atoms with Crippen LogP contribution in [0.3, 0.4) is 0 Å². The fourth-order valence-corrected chi connectivity index (χ4v) is 4.56. The molecule has 0 spiro atoms. The minimum atomic E-state index is -0.883. The monoisotopic (exact) mass is 531 g/mol. The Bertz CT molecular complexity index is 1380. The lowest BCUT2D eigenvalue weighted by Gasteiger charge is -2.26. The molecule has 8 heteroatoms. The summed E-state index contributed by atoms with van der Waals surface area (Å²) in [4.78, 5) is 28.3. The van der Waals surface area contributed by atoms with Gasteiger partial charge in [-0.3, -0.25) is 9.59 Å². The second-order valence-corrected chi connectivity index (χ2v) is 9.58. The SMILES string of the molecule is COc1ccccc1CN1C(=O)C(=O)/C(=C(\O)c2ccc(OCC(C)C)cc2)C1c1ccc(OC)c(OC)c1. The van der Waals surface area contributed by atoms with E-state index < -0.39 is 17.7 Å². The number of Topliss-reactive ketones (excluding diaryl/α,β-unsaturated/α-hetero) is 1. The van der Waals surface area contributed by atoms with Crippen LogP contribution in [0.1, 0.15) is 36.6 Å². The molecular weight excluding hydrogens is 498 g/mol. The van der Waals surface area contributed by atoms with Crippen LogP contribution in [0.4, 0.5) is 0 Å². The van der Waals surface area contributed by atoms with E-state index in [4.69, 9.17) is 18.9 Å². The minimum Gasteiger partial charge on any atom is -0.507 e. The van der Waals surface area contributed by atoms with E-state index >= 15 is 0 Å². The van der Waals surface area contributed by atoms with Crippen molar-refractivity contribution in [3.8, 4) is 23.0 Å². The summed E-state index contributed by atoms with van der Waals surface area (Å²) >= 11 is 0. The number of hydrogen-bond acceptors (Lipinski definition) is 7. The van der Waals surface area contributed by atoms with Crippen molar-refractivity contribution >= 4 is 17.4 Å². The first-order valence-electron chi connectivity index (χ1n) is 12.6. The van der Waals surface area contributed by atoms with Crippen molar-refractivity contribution in [1.29, 1.82) is 0 Å². The maximum atomic E-state index is 13.5. The van der Waals surface area contributed by atoms with Crippen LogP contribution >= 0.6 is 0 Å². The van der Waals surface area contributed by atoms with Crippen molar-refractivity contribution in [2.75, 3.05) is 27.9 Å². The summed E-state index contributed by atoms with van der Waals surface area (Å²) in [5.74, 6) is 0.756. The van der Waals surface area contributed by atoms with Crippen molar-refractivity contribution in [3.05, 3.63) is 89.0 Å². The van der Waals surface area contributed by atoms with Crippen molar-refractivity contribution in [2.24, 2.45) is 5.92 Å². The minimum absolute atomic E-state index is 0.0158. The van der Waals surface area contributed by atoms with Gasteiger partial charge in [0.1, 0.15) is 17.3 Å². The predicted octanol–water partition coefficient (Wildman–Crippen LogP) is 5.37. The van der Waals surface area contributed by atoms with E-state index in [9.17, 15) is 14.7 Å². The second kappa shape index (κ2) is 11.9. The third kappa shape index (κ3) is 5.70. The number of aliphatic hydroxyl groups is 1. The average molecular weight is 532 g/mol. The molecule has 0 aliphatic carbocycles. The number of methoxy groups -OCH3 is 3. The number of benzene rings is 3. The maximum Gasteiger partial charge on any atom is 0.295 e. The Balaban J connectivity index is 1.82. The van der Waals surface area contributed by atoms with Crippen LogP contribution in [0.2, 0.25) is 0 Å². The molecule has 1 heterocycles. The molecule has 1 fully saturated rings. The van der Waals surface area contributed by atoms with Crippen molar-refractivity contribution in [2.45, 2.75) is 26.4 Å². The van der Waals surface area contributed by atoms with Gasteiger partial charge in [0.25, 0.3) is 11.7 Å². The van der Waals surface area contributed by atoms with Gasteiger partial charge >= 0.3 is 0 Å². The number of carbonyl (C=O) groups is 2. The molecule has 3 aromatic rings. The molecule has 1 aliphatic heterocycles. The number of amides is 1. The van der Waals surface area contributed by atoms with Crippen LogP contribution in [-0.2, 0) is 16.1 Å². The zero-order chi connectivity index (χ0) is 28.1. The van der Waals surface area contributed by atoms with Crippen molar-refractivity contribution in [1.82, 2.24) is 4.90 Å². The fraction of sp³-hybridized carbons (Fsp3) is 0.290. The fourth-order valence-electron chi connectivity index (χ4n) is 4.56. The van der Waals surface area contributed by atoms with E-state index in [1.165, 1.54) is 19.1 Å². The number of nitrogens with zero attached hydrogens (tertiary/aromatic N) is 1. The molecule has 1 saturated heterocycles. The summed E-state index contributed by atoms with van der Waals surface area (Å²) in [5, 5.41) is 11.4. The summed E-state index contributed by atoms with van der Waals surface area (Å²) in [5.41, 5.74) is 1.69. The highest BCUT2D eigenvalue weighted by atomic mass is 16.5. The van der Waals surface area contributed by atoms with Crippen LogP contribution in [0.5, 0.6) is 23.0 Å². The first-order valence-corrected chi connectivity index (χ1v) is 12.6. The molecule has 204 valence electrons. The van der Waals surface area contributed by atoms with Crippen molar-refractivity contribution in [3.63, 3.8) is 0 Å². The van der Waals surface area contributed by atoms with Crippen LogP contribution in [0, 0.1) is 5.92 Å². The first kappa shape index (κ1) is 27.6. The Labute approximate surface area is 228 Å². The number of ether oxygens (including phenoxy) is 4. The number of aliphatic hydroxyl groups excluding tert-OH is 1. The number of carbonyl (C=O) groups excluding carboxylic acids is 2. The molecule has 1 amide bonds. The van der Waals surface area contributed by atoms with Gasteiger partial charge in [0, 0.05) is 11.1 Å². The summed E-state index contributed by atoms with van der Waals surface area (Å²) in [6, 6.07) is 18.4. The van der Waals surface area contributed by atoms with E-state index in [1.54, 1.807) is 55.6 Å². The predicted molar refractivity (Wildman–Crippen MR) is 147 cm³/mol. The quantitative estimate of drug-likeness (QED) is 0.214. The Hall–Kier alpha value is -4.46. The third-order valence-electron chi connectivity index (χ3n) is 6.51. The Morgan fingerprint density at radius 1 is 0.872 bits per heavy atom. The van der Waals surface area contributed by atoms with Crippen LogP contribution in [-0.4, -0.2) is 49.6 Å². The van der Waals surface area contributed by atoms with Gasteiger partial charge in [-0.2, -0.15) is 0 Å². The molecule has 1 N–H and O–H groups in total. The van der Waals surface area contributed by atoms with Crippen LogP contribution < -0.4 is 18.9 Å². The second-order valence-electron chi connectivity index (χ2n) is 9.58. The highest BCUT2D eigenvalue weighted by Crippen LogP contribution is 2.43. The summed E-state index contributed by atoms with van der Waals surface area (Å²) in [7, 11) is 4.59. The molecule has 39 heavy (non-hydrogen) atoms. The van der Waals surface area contributed by atoms with Crippen molar-refractivity contribution < 1.29 is 33.6 Å². The number of ketones is 1. The van der Waals surface area contributed by atoms with Gasteiger partial charge in [0.2, 0.25) is 0 Å². The van der Waals surface area contributed by atoms with Crippen LogP contribution in [0.25, 0.3) is 5.76 Å². The highest BCUT2D eigenvalue weighted by Gasteiger charge is 2.46. The van der Waals surface area contributed by atoms with Gasteiger partial charge in [-0.1, -0.05) is 38.1 Å². The van der Waals surface area contributed by atoms with E-state index in [2.05, 4.69) is 13.8 Å². The average Bonchev–Trinajstić information content (AvgIpc) is 3.20. The Morgan fingerprint density at radius 2 is 1.54 bits per heavy atom. The zero-order valence-corrected chi connectivity index (χ0v) is 22.8. The molecule has 0 bridgehead atoms. The zero-order valence-electron chi connectivity index (χ0n) is 22.8. The van der Waals surface area contributed by atoms with Gasteiger partial charge in [0.15, 0.2) is 11.5 Å². The lowest BCUT2D eigenvalue weighted by molar-refractivity contribution is -0.140. The lowest BCUT2D eigenvalue weighted by Crippen LogP contribution is -2.29. The normalized spacial score (nSPS) is 16.5. The molecule has 3 aromatic carbocycles. The third-order valence-corrected chi connectivity index (χ3v) is 6.51. The van der Waals surface area contributed by atoms with E-state index in [-0.39, 0.29) is 17.9 Å². The molecule has 8 nitrogen and oxygen atoms in total. The summed E-state index contributed by atoms with van der Waals surface area (Å²) < 4.78 is 22.1. The molecule has 1 atom stereocenters. The van der Waals surface area contributed by atoms with Crippen LogP contribution in [0.15, 0.2) is 72.3 Å². The first-order chi connectivity index (χ1) is 18.8. The number of para-hydroxylation sites is 1. The van der Waals surface area contributed by atoms with E-state index in [0.717, 1.165) is 5.56 Å². The van der Waals surface area contributed by atoms with Gasteiger partial charge in [-0.15, -0.1) is 0 Å². The Morgan fingerprint density at radius 3 is 2.18 bits per heavy atom. The number of likely N-dealkylation sites (tertiary alicyclic amines) is 1. The standard InChI is InChI=1S/C31H33NO7/c1-19(2)18-39-23-13-10-20(11-14-23)29(33)27-28(21-12-15-25(37-4)26(16-21)38-5)32(31(35)30(27)34)17-22-8-6-7-9-24(22)36-3/h6-16,19,28,33H,17-18H2,1-5H3/b29-27-. The van der Waals surface area contributed by atoms with Gasteiger partial charge < -0.3 is 29.0 Å². The van der Waals surface area contributed by atoms with E-state index in [0.29, 0.717) is 46.6 Å². The summed E-state index contributed by atoms with van der Waals surface area (Å²) in [6.07, 6.45) is 0. The van der Waals surface area contributed by atoms with Gasteiger partial charge in [-0.05, 0) is 53.9 Å². The number of hydrogen-bond donors (Lipinski definition) is 1. The molecular formula is C31H33NO7. The molecule has 0 radical (unpaired) electrons. The molecule has 1 unspecified atom stereocenters. The van der Waals surface area contributed by atoms with E-state index in [1.807, 2.05) is 18.2 Å². The maximum absolute atomic E-state index is 13.5. The summed E-state index contributed by atoms with van der Waals surface area (Å²) in [6.45, 7) is 4.75. The van der Waals surface area contributed by atoms with Gasteiger partial charge in [0.05, 0.1) is 46.1 Å². The number of rotatable bonds is 10. The lowest BCUT2D eigenvalue weighted by atomic mass is 9.94.